The lowest BCUT2D eigenvalue weighted by Crippen LogP contribution is -2.52. The maximum atomic E-state index is 11.9. The quantitative estimate of drug-likeness (QED) is 0.685. The lowest BCUT2D eigenvalue weighted by molar-refractivity contribution is -0.135. The highest BCUT2D eigenvalue weighted by Crippen LogP contribution is 2.27. The second kappa shape index (κ2) is 6.05. The number of rotatable bonds is 7. The molecule has 0 spiro atoms. The lowest BCUT2D eigenvalue weighted by Gasteiger charge is -2.38. The SMILES string of the molecule is CC(C)(N)C(C)(C)CNCCCCC(F)(F)F. The van der Waals surface area contributed by atoms with Crippen LogP contribution < -0.4 is 11.1 Å². The van der Waals surface area contributed by atoms with Gasteiger partial charge < -0.3 is 11.1 Å². The lowest BCUT2D eigenvalue weighted by atomic mass is 9.75. The fourth-order valence-electron chi connectivity index (χ4n) is 1.20. The highest BCUT2D eigenvalue weighted by Gasteiger charge is 2.32. The molecule has 104 valence electrons. The molecule has 0 fully saturated rings. The van der Waals surface area contributed by atoms with Crippen molar-refractivity contribution in [2.75, 3.05) is 13.1 Å². The van der Waals surface area contributed by atoms with Crippen LogP contribution >= 0.6 is 0 Å². The Balaban J connectivity index is 3.66. The van der Waals surface area contributed by atoms with Crippen LogP contribution in [-0.2, 0) is 0 Å². The normalized spacial score (nSPS) is 14.1. The Kier molecular flexibility index (Phi) is 5.94. The highest BCUT2D eigenvalue weighted by atomic mass is 19.4. The van der Waals surface area contributed by atoms with E-state index in [2.05, 4.69) is 19.2 Å². The predicted molar refractivity (Wildman–Crippen MR) is 64.8 cm³/mol. The number of hydrogen-bond acceptors (Lipinski definition) is 2. The van der Waals surface area contributed by atoms with Gasteiger partial charge in [0, 0.05) is 18.5 Å². The minimum absolute atomic E-state index is 0.0863. The third kappa shape index (κ3) is 7.60. The summed E-state index contributed by atoms with van der Waals surface area (Å²) in [5, 5.41) is 3.17. The summed E-state index contributed by atoms with van der Waals surface area (Å²) in [4.78, 5) is 0. The van der Waals surface area contributed by atoms with Crippen LogP contribution in [0.15, 0.2) is 0 Å². The number of hydrogen-bond donors (Lipinski definition) is 2. The van der Waals surface area contributed by atoms with Crippen molar-refractivity contribution in [3.05, 3.63) is 0 Å². The molecule has 0 aromatic rings. The second-order valence-electron chi connectivity index (χ2n) is 5.85. The maximum Gasteiger partial charge on any atom is 0.389 e. The van der Waals surface area contributed by atoms with Crippen molar-refractivity contribution in [1.29, 1.82) is 0 Å². The van der Waals surface area contributed by atoms with E-state index in [4.69, 9.17) is 5.73 Å². The van der Waals surface area contributed by atoms with Crippen LogP contribution in [0.2, 0.25) is 0 Å². The van der Waals surface area contributed by atoms with E-state index in [-0.39, 0.29) is 17.4 Å². The van der Waals surface area contributed by atoms with E-state index in [0.717, 1.165) is 0 Å². The van der Waals surface area contributed by atoms with Crippen LogP contribution in [0.25, 0.3) is 0 Å². The average Bonchev–Trinajstić information content (AvgIpc) is 2.07. The molecular weight excluding hydrogens is 229 g/mol. The zero-order valence-electron chi connectivity index (χ0n) is 11.2. The molecule has 5 heteroatoms. The Morgan fingerprint density at radius 2 is 1.53 bits per heavy atom. The summed E-state index contributed by atoms with van der Waals surface area (Å²) < 4.78 is 35.6. The first-order valence-corrected chi connectivity index (χ1v) is 6.02. The number of halogens is 3. The van der Waals surface area contributed by atoms with E-state index >= 15 is 0 Å². The van der Waals surface area contributed by atoms with E-state index in [0.29, 0.717) is 19.5 Å². The molecule has 0 rings (SSSR count). The number of unbranched alkanes of at least 4 members (excludes halogenated alkanes) is 1. The molecule has 2 nitrogen and oxygen atoms in total. The van der Waals surface area contributed by atoms with Gasteiger partial charge in [-0.1, -0.05) is 13.8 Å². The Bertz CT molecular complexity index is 217. The fraction of sp³-hybridized carbons (Fsp3) is 1.00. The minimum atomic E-state index is -4.03. The standard InChI is InChI=1S/C12H25F3N2/c1-10(2,11(3,4)16)9-17-8-6-5-7-12(13,14)15/h17H,5-9,16H2,1-4H3. The smallest absolute Gasteiger partial charge is 0.325 e. The summed E-state index contributed by atoms with van der Waals surface area (Å²) >= 11 is 0. The molecule has 3 N–H and O–H groups in total. The Morgan fingerprint density at radius 1 is 1.00 bits per heavy atom. The first kappa shape index (κ1) is 16.7. The van der Waals surface area contributed by atoms with Gasteiger partial charge in [0.2, 0.25) is 0 Å². The zero-order chi connectivity index (χ0) is 13.7. The van der Waals surface area contributed by atoms with E-state index in [1.54, 1.807) is 0 Å². The van der Waals surface area contributed by atoms with Crippen molar-refractivity contribution in [2.45, 2.75) is 58.7 Å². The van der Waals surface area contributed by atoms with Crippen molar-refractivity contribution in [3.8, 4) is 0 Å². The van der Waals surface area contributed by atoms with Gasteiger partial charge in [0.25, 0.3) is 0 Å². The van der Waals surface area contributed by atoms with Crippen LogP contribution in [-0.4, -0.2) is 24.8 Å². The van der Waals surface area contributed by atoms with Gasteiger partial charge in [-0.15, -0.1) is 0 Å². The second-order valence-corrected chi connectivity index (χ2v) is 5.85. The van der Waals surface area contributed by atoms with Gasteiger partial charge in [-0.25, -0.2) is 0 Å². The topological polar surface area (TPSA) is 38.0 Å². The Hall–Kier alpha value is -0.290. The first-order chi connectivity index (χ1) is 7.46. The van der Waals surface area contributed by atoms with E-state index in [1.807, 2.05) is 13.8 Å². The molecule has 0 aliphatic rings. The van der Waals surface area contributed by atoms with Gasteiger partial charge in [-0.3, -0.25) is 0 Å². The minimum Gasteiger partial charge on any atom is -0.325 e. The van der Waals surface area contributed by atoms with Crippen molar-refractivity contribution in [1.82, 2.24) is 5.32 Å². The molecule has 0 bridgehead atoms. The molecule has 0 amide bonds. The number of nitrogens with two attached hydrogens (primary N) is 1. The predicted octanol–water partition coefficient (Wildman–Crippen LogP) is 3.07. The molecule has 0 radical (unpaired) electrons. The van der Waals surface area contributed by atoms with Crippen molar-refractivity contribution < 1.29 is 13.2 Å². The summed E-state index contributed by atoms with van der Waals surface area (Å²) in [7, 11) is 0. The Labute approximate surface area is 102 Å². The molecular formula is C12H25F3N2. The van der Waals surface area contributed by atoms with Gasteiger partial charge in [0.15, 0.2) is 0 Å². The molecule has 0 saturated heterocycles. The van der Waals surface area contributed by atoms with E-state index < -0.39 is 12.6 Å². The summed E-state index contributed by atoms with van der Waals surface area (Å²) in [5.74, 6) is 0. The summed E-state index contributed by atoms with van der Waals surface area (Å²) in [6, 6.07) is 0. The van der Waals surface area contributed by atoms with Crippen LogP contribution in [0, 0.1) is 5.41 Å². The molecule has 0 aliphatic carbocycles. The molecule has 0 aromatic heterocycles. The van der Waals surface area contributed by atoms with Crippen LogP contribution in [0.4, 0.5) is 13.2 Å². The molecule has 0 unspecified atom stereocenters. The van der Waals surface area contributed by atoms with Gasteiger partial charge in [-0.05, 0) is 38.6 Å². The number of nitrogens with one attached hydrogen (secondary N) is 1. The summed E-state index contributed by atoms with van der Waals surface area (Å²) in [6.07, 6.45) is -4.00. The molecule has 0 saturated carbocycles. The van der Waals surface area contributed by atoms with Gasteiger partial charge in [-0.2, -0.15) is 13.2 Å². The van der Waals surface area contributed by atoms with Crippen LogP contribution in [0.5, 0.6) is 0 Å². The zero-order valence-corrected chi connectivity index (χ0v) is 11.2. The maximum absolute atomic E-state index is 11.9. The van der Waals surface area contributed by atoms with Crippen molar-refractivity contribution in [3.63, 3.8) is 0 Å². The van der Waals surface area contributed by atoms with Gasteiger partial charge >= 0.3 is 6.18 Å². The molecule has 0 aromatic carbocycles. The molecule has 0 heterocycles. The third-order valence-electron chi connectivity index (χ3n) is 3.38. The largest absolute Gasteiger partial charge is 0.389 e. The Morgan fingerprint density at radius 3 is 1.94 bits per heavy atom. The van der Waals surface area contributed by atoms with E-state index in [1.165, 1.54) is 0 Å². The third-order valence-corrected chi connectivity index (χ3v) is 3.38. The highest BCUT2D eigenvalue weighted by molar-refractivity contribution is 4.91. The fourth-order valence-corrected chi connectivity index (χ4v) is 1.20. The van der Waals surface area contributed by atoms with Gasteiger partial charge in [0.05, 0.1) is 0 Å². The number of alkyl halides is 3. The van der Waals surface area contributed by atoms with Crippen molar-refractivity contribution in [2.24, 2.45) is 11.1 Å². The molecule has 17 heavy (non-hydrogen) atoms. The first-order valence-electron chi connectivity index (χ1n) is 6.02. The molecule has 0 aliphatic heterocycles. The van der Waals surface area contributed by atoms with E-state index in [9.17, 15) is 13.2 Å². The van der Waals surface area contributed by atoms with Crippen LogP contribution in [0.1, 0.15) is 47.0 Å². The van der Waals surface area contributed by atoms with Gasteiger partial charge in [0.1, 0.15) is 0 Å². The summed E-state index contributed by atoms with van der Waals surface area (Å²) in [6.45, 7) is 9.33. The molecule has 0 atom stereocenters. The van der Waals surface area contributed by atoms with Crippen LogP contribution in [0.3, 0.4) is 0 Å². The monoisotopic (exact) mass is 254 g/mol. The van der Waals surface area contributed by atoms with Crippen molar-refractivity contribution >= 4 is 0 Å². The average molecular weight is 254 g/mol. The summed E-state index contributed by atoms with van der Waals surface area (Å²) in [5.41, 5.74) is 5.62.